The molecule has 0 bridgehead atoms. The van der Waals surface area contributed by atoms with Gasteiger partial charge < -0.3 is 20.0 Å². The van der Waals surface area contributed by atoms with Crippen molar-refractivity contribution in [3.05, 3.63) is 64.7 Å². The number of urea groups is 1. The van der Waals surface area contributed by atoms with E-state index in [1.165, 1.54) is 15.4 Å². The van der Waals surface area contributed by atoms with Gasteiger partial charge in [-0.25, -0.2) is 13.6 Å². The Hall–Kier alpha value is -3.49. The number of benzene rings is 2. The van der Waals surface area contributed by atoms with Gasteiger partial charge in [0.05, 0.1) is 0 Å². The van der Waals surface area contributed by atoms with E-state index in [4.69, 9.17) is 0 Å². The normalized spacial score (nSPS) is 19.4. The SMILES string of the molecule is Cc1cc(C(=O)N2CCCCc3ccccc32)ccc1CNC(=O)N1CC(C(F)F)C[C@H]1C(=O)N(C)C. The summed E-state index contributed by atoms with van der Waals surface area (Å²) in [6.45, 7) is 2.52. The van der Waals surface area contributed by atoms with E-state index in [9.17, 15) is 23.2 Å². The molecule has 2 aromatic rings. The first-order chi connectivity index (χ1) is 17.7. The van der Waals surface area contributed by atoms with Gasteiger partial charge in [-0.1, -0.05) is 24.3 Å². The van der Waals surface area contributed by atoms with Crippen molar-refractivity contribution in [3.8, 4) is 0 Å². The van der Waals surface area contributed by atoms with Gasteiger partial charge >= 0.3 is 6.03 Å². The van der Waals surface area contributed by atoms with Crippen molar-refractivity contribution in [1.82, 2.24) is 15.1 Å². The quantitative estimate of drug-likeness (QED) is 0.652. The third-order valence-corrected chi connectivity index (χ3v) is 7.30. The Morgan fingerprint density at radius 3 is 2.57 bits per heavy atom. The van der Waals surface area contributed by atoms with E-state index in [0.29, 0.717) is 12.1 Å². The van der Waals surface area contributed by atoms with Crippen molar-refractivity contribution < 1.29 is 23.2 Å². The van der Waals surface area contributed by atoms with Crippen molar-refractivity contribution in [2.75, 3.05) is 32.1 Å². The first-order valence-electron chi connectivity index (χ1n) is 12.7. The number of carbonyl (C=O) groups excluding carboxylic acids is 3. The highest BCUT2D eigenvalue weighted by Crippen LogP contribution is 2.30. The number of carbonyl (C=O) groups is 3. The molecule has 1 N–H and O–H groups in total. The Balaban J connectivity index is 1.44. The number of likely N-dealkylation sites (tertiary alicyclic amines) is 1. The molecule has 7 nitrogen and oxygen atoms in total. The first kappa shape index (κ1) is 26.6. The number of para-hydroxylation sites is 1. The number of hydrogen-bond acceptors (Lipinski definition) is 3. The molecule has 2 heterocycles. The minimum Gasteiger partial charge on any atom is -0.347 e. The maximum Gasteiger partial charge on any atom is 0.318 e. The van der Waals surface area contributed by atoms with Crippen LogP contribution in [-0.4, -0.2) is 67.3 Å². The molecule has 4 rings (SSSR count). The average Bonchev–Trinajstić information content (AvgIpc) is 3.22. The lowest BCUT2D eigenvalue weighted by Gasteiger charge is -2.26. The largest absolute Gasteiger partial charge is 0.347 e. The highest BCUT2D eigenvalue weighted by Gasteiger charge is 2.43. The van der Waals surface area contributed by atoms with Gasteiger partial charge in [-0.2, -0.15) is 0 Å². The summed E-state index contributed by atoms with van der Waals surface area (Å²) in [5, 5.41) is 2.77. The summed E-state index contributed by atoms with van der Waals surface area (Å²) in [4.78, 5) is 43.2. The van der Waals surface area contributed by atoms with Crippen LogP contribution in [0.4, 0.5) is 19.3 Å². The molecule has 4 amide bonds. The summed E-state index contributed by atoms with van der Waals surface area (Å²) in [7, 11) is 3.09. The molecule has 2 aromatic carbocycles. The molecule has 2 aliphatic heterocycles. The smallest absolute Gasteiger partial charge is 0.318 e. The van der Waals surface area contributed by atoms with Crippen LogP contribution in [0.25, 0.3) is 0 Å². The van der Waals surface area contributed by atoms with Crippen molar-refractivity contribution in [2.24, 2.45) is 5.92 Å². The van der Waals surface area contributed by atoms with Gasteiger partial charge in [0.25, 0.3) is 5.91 Å². The average molecular weight is 513 g/mol. The lowest BCUT2D eigenvalue weighted by Crippen LogP contribution is -2.49. The standard InChI is InChI=1S/C28H34F2N4O3/c1-18-14-20(26(35)33-13-7-6-9-19-8-4-5-10-23(19)33)11-12-21(18)16-31-28(37)34-17-22(25(29)30)15-24(34)27(36)32(2)3/h4-5,8,10-12,14,22,24-25H,6-7,9,13,15-17H2,1-3H3,(H,31,37)/t22?,24-/m0/s1. The number of aryl methyl sites for hydroxylation is 2. The van der Waals surface area contributed by atoms with Crippen LogP contribution in [0.3, 0.4) is 0 Å². The minimum absolute atomic E-state index is 0.0580. The van der Waals surface area contributed by atoms with E-state index in [2.05, 4.69) is 11.4 Å². The van der Waals surface area contributed by atoms with E-state index in [-0.39, 0.29) is 31.3 Å². The molecule has 0 aliphatic carbocycles. The number of rotatable bonds is 5. The van der Waals surface area contributed by atoms with E-state index in [0.717, 1.165) is 36.1 Å². The molecular weight excluding hydrogens is 478 g/mol. The molecular formula is C28H34F2N4O3. The summed E-state index contributed by atoms with van der Waals surface area (Å²) in [5.41, 5.74) is 4.34. The van der Waals surface area contributed by atoms with E-state index < -0.39 is 24.4 Å². The fraction of sp³-hybridized carbons (Fsp3) is 0.464. The van der Waals surface area contributed by atoms with Crippen LogP contribution < -0.4 is 10.2 Å². The summed E-state index contributed by atoms with van der Waals surface area (Å²) >= 11 is 0. The first-order valence-corrected chi connectivity index (χ1v) is 12.7. The van der Waals surface area contributed by atoms with Gasteiger partial charge in [-0.05, 0) is 67.5 Å². The maximum atomic E-state index is 13.4. The van der Waals surface area contributed by atoms with Gasteiger partial charge in [0, 0.05) is 50.9 Å². The van der Waals surface area contributed by atoms with Crippen molar-refractivity contribution in [1.29, 1.82) is 0 Å². The third-order valence-electron chi connectivity index (χ3n) is 7.30. The lowest BCUT2D eigenvalue weighted by atomic mass is 10.0. The molecule has 37 heavy (non-hydrogen) atoms. The topological polar surface area (TPSA) is 73.0 Å². The fourth-order valence-corrected chi connectivity index (χ4v) is 5.17. The van der Waals surface area contributed by atoms with Crippen molar-refractivity contribution in [2.45, 2.75) is 51.6 Å². The highest BCUT2D eigenvalue weighted by molar-refractivity contribution is 6.06. The Kier molecular flexibility index (Phi) is 8.10. The van der Waals surface area contributed by atoms with E-state index in [1.807, 2.05) is 36.1 Å². The van der Waals surface area contributed by atoms with Crippen LogP contribution in [-0.2, 0) is 17.8 Å². The number of halogens is 2. The van der Waals surface area contributed by atoms with Crippen molar-refractivity contribution >= 4 is 23.5 Å². The van der Waals surface area contributed by atoms with Gasteiger partial charge in [-0.15, -0.1) is 0 Å². The van der Waals surface area contributed by atoms with Gasteiger partial charge in [0.1, 0.15) is 6.04 Å². The Morgan fingerprint density at radius 1 is 1.11 bits per heavy atom. The Morgan fingerprint density at radius 2 is 1.86 bits per heavy atom. The molecule has 2 atom stereocenters. The number of hydrogen-bond donors (Lipinski definition) is 1. The van der Waals surface area contributed by atoms with Gasteiger partial charge in [-0.3, -0.25) is 9.59 Å². The minimum atomic E-state index is -2.60. The molecule has 0 radical (unpaired) electrons. The maximum absolute atomic E-state index is 13.4. The number of alkyl halides is 2. The lowest BCUT2D eigenvalue weighted by molar-refractivity contribution is -0.132. The monoisotopic (exact) mass is 512 g/mol. The molecule has 0 aromatic heterocycles. The zero-order valence-electron chi connectivity index (χ0n) is 21.5. The summed E-state index contributed by atoms with van der Waals surface area (Å²) in [6, 6.07) is 11.9. The van der Waals surface area contributed by atoms with E-state index >= 15 is 0 Å². The van der Waals surface area contributed by atoms with Crippen LogP contribution in [0.5, 0.6) is 0 Å². The zero-order chi connectivity index (χ0) is 26.7. The Labute approximate surface area is 216 Å². The predicted octanol–water partition coefficient (Wildman–Crippen LogP) is 4.23. The fourth-order valence-electron chi connectivity index (χ4n) is 5.17. The predicted molar refractivity (Wildman–Crippen MR) is 138 cm³/mol. The number of nitrogens with one attached hydrogen (secondary N) is 1. The molecule has 0 spiro atoms. The molecule has 198 valence electrons. The van der Waals surface area contributed by atoms with E-state index in [1.54, 1.807) is 26.2 Å². The second-order valence-electron chi connectivity index (χ2n) is 10.1. The molecule has 2 aliphatic rings. The van der Waals surface area contributed by atoms with Crippen LogP contribution in [0.15, 0.2) is 42.5 Å². The van der Waals surface area contributed by atoms with Gasteiger partial charge in [0.2, 0.25) is 12.3 Å². The van der Waals surface area contributed by atoms with Crippen LogP contribution >= 0.6 is 0 Å². The van der Waals surface area contributed by atoms with Crippen LogP contribution in [0.2, 0.25) is 0 Å². The molecule has 1 fully saturated rings. The Bertz CT molecular complexity index is 1170. The number of anilines is 1. The number of nitrogens with zero attached hydrogens (tertiary/aromatic N) is 3. The van der Waals surface area contributed by atoms with Crippen LogP contribution in [0, 0.1) is 12.8 Å². The molecule has 9 heteroatoms. The molecule has 1 unspecified atom stereocenters. The molecule has 1 saturated heterocycles. The van der Waals surface area contributed by atoms with Crippen LogP contribution in [0.1, 0.15) is 46.3 Å². The summed E-state index contributed by atoms with van der Waals surface area (Å²) in [5.74, 6) is -1.46. The second-order valence-corrected chi connectivity index (χ2v) is 10.1. The number of fused-ring (bicyclic) bond motifs is 1. The zero-order valence-corrected chi connectivity index (χ0v) is 21.5. The number of amides is 4. The van der Waals surface area contributed by atoms with Crippen molar-refractivity contribution in [3.63, 3.8) is 0 Å². The highest BCUT2D eigenvalue weighted by atomic mass is 19.3. The second kappa shape index (κ2) is 11.3. The number of likely N-dealkylation sites (N-methyl/N-ethyl adjacent to an activating group) is 1. The summed E-state index contributed by atoms with van der Waals surface area (Å²) < 4.78 is 26.7. The van der Waals surface area contributed by atoms with Gasteiger partial charge in [0.15, 0.2) is 0 Å². The third kappa shape index (κ3) is 5.76. The summed E-state index contributed by atoms with van der Waals surface area (Å²) in [6.07, 6.45) is 0.266. The molecule has 0 saturated carbocycles.